The normalized spacial score (nSPS) is 10.9. The Bertz CT molecular complexity index is 856. The maximum absolute atomic E-state index is 12.4. The number of H-pyrrole nitrogens is 1. The second-order valence-corrected chi connectivity index (χ2v) is 6.11. The fourth-order valence-electron chi connectivity index (χ4n) is 2.50. The first kappa shape index (κ1) is 15.7. The Morgan fingerprint density at radius 2 is 1.78 bits per heavy atom. The minimum Gasteiger partial charge on any atom is -0.385 e. The van der Waals surface area contributed by atoms with E-state index in [4.69, 9.17) is 28.9 Å². The summed E-state index contributed by atoms with van der Waals surface area (Å²) in [4.78, 5) is 15.4. The van der Waals surface area contributed by atoms with Gasteiger partial charge in [-0.1, -0.05) is 41.4 Å². The number of aromatic amines is 1. The van der Waals surface area contributed by atoms with E-state index in [1.807, 2.05) is 24.3 Å². The van der Waals surface area contributed by atoms with E-state index in [0.717, 1.165) is 22.9 Å². The first-order valence-corrected chi connectivity index (χ1v) is 7.89. The third kappa shape index (κ3) is 3.44. The molecule has 118 valence electrons. The van der Waals surface area contributed by atoms with Gasteiger partial charge in [0.05, 0.1) is 5.56 Å². The lowest BCUT2D eigenvalue weighted by molar-refractivity contribution is 0.0956. The predicted molar refractivity (Wildman–Crippen MR) is 95.2 cm³/mol. The van der Waals surface area contributed by atoms with Crippen LogP contribution in [0.4, 0.5) is 5.82 Å². The number of anilines is 1. The fraction of sp³-hybridized carbons (Fsp3) is 0.118. The van der Waals surface area contributed by atoms with Gasteiger partial charge in [0.1, 0.15) is 5.82 Å². The van der Waals surface area contributed by atoms with Crippen LogP contribution in [-0.2, 0) is 6.42 Å². The smallest absolute Gasteiger partial charge is 0.255 e. The molecule has 23 heavy (non-hydrogen) atoms. The number of nitrogen functional groups attached to an aromatic ring is 1. The zero-order valence-corrected chi connectivity index (χ0v) is 13.7. The van der Waals surface area contributed by atoms with Gasteiger partial charge in [-0.05, 0) is 36.2 Å². The highest BCUT2D eigenvalue weighted by Crippen LogP contribution is 2.26. The molecule has 1 heterocycles. The lowest BCUT2D eigenvalue weighted by Gasteiger charge is -2.06. The van der Waals surface area contributed by atoms with E-state index in [1.54, 1.807) is 18.2 Å². The van der Waals surface area contributed by atoms with Crippen LogP contribution in [0.15, 0.2) is 42.5 Å². The molecule has 4 nitrogen and oxygen atoms in total. The molecule has 3 aromatic rings. The Hall–Kier alpha value is -2.17. The second-order valence-electron chi connectivity index (χ2n) is 5.24. The van der Waals surface area contributed by atoms with E-state index in [0.29, 0.717) is 28.0 Å². The molecule has 1 amide bonds. The van der Waals surface area contributed by atoms with Gasteiger partial charge in [-0.2, -0.15) is 0 Å². The highest BCUT2D eigenvalue weighted by atomic mass is 35.5. The van der Waals surface area contributed by atoms with Crippen molar-refractivity contribution in [2.75, 3.05) is 12.3 Å². The van der Waals surface area contributed by atoms with Crippen LogP contribution in [0.5, 0.6) is 0 Å². The molecule has 6 heteroatoms. The number of carbonyl (C=O) groups excluding carboxylic acids is 1. The molecule has 0 aliphatic rings. The van der Waals surface area contributed by atoms with E-state index in [1.165, 1.54) is 0 Å². The van der Waals surface area contributed by atoms with Crippen LogP contribution in [0.3, 0.4) is 0 Å². The number of fused-ring (bicyclic) bond motifs is 1. The summed E-state index contributed by atoms with van der Waals surface area (Å²) in [5, 5.41) is 4.94. The van der Waals surface area contributed by atoms with Crippen molar-refractivity contribution >= 4 is 45.8 Å². The summed E-state index contributed by atoms with van der Waals surface area (Å²) in [5.74, 6) is 0.135. The molecule has 0 aliphatic carbocycles. The highest BCUT2D eigenvalue weighted by Gasteiger charge is 2.16. The van der Waals surface area contributed by atoms with Crippen molar-refractivity contribution in [1.29, 1.82) is 0 Å². The molecule has 2 aromatic carbocycles. The predicted octanol–water partition coefficient (Wildman–Crippen LogP) is 4.03. The maximum Gasteiger partial charge on any atom is 0.255 e. The van der Waals surface area contributed by atoms with E-state index in [9.17, 15) is 4.79 Å². The fourth-order valence-corrected chi connectivity index (χ4v) is 2.79. The first-order chi connectivity index (χ1) is 11.0. The summed E-state index contributed by atoms with van der Waals surface area (Å²) in [7, 11) is 0. The van der Waals surface area contributed by atoms with E-state index < -0.39 is 0 Å². The lowest BCUT2D eigenvalue weighted by Crippen LogP contribution is -2.26. The van der Waals surface area contributed by atoms with Crippen molar-refractivity contribution in [2.24, 2.45) is 0 Å². The van der Waals surface area contributed by atoms with Crippen molar-refractivity contribution in [2.45, 2.75) is 6.42 Å². The summed E-state index contributed by atoms with van der Waals surface area (Å²) in [5.41, 5.74) is 8.23. The standard InChI is InChI=1S/C17H15Cl2N3O/c18-11-3-1-10(2-4-11)7-8-21-17(23)15-13-6-5-12(19)9-14(13)22-16(15)20/h1-6,9,22H,7-8,20H2,(H,21,23). The van der Waals surface area contributed by atoms with Crippen LogP contribution in [0, 0.1) is 0 Å². The van der Waals surface area contributed by atoms with Crippen LogP contribution < -0.4 is 11.1 Å². The minimum atomic E-state index is -0.204. The number of nitrogens with one attached hydrogen (secondary N) is 2. The molecule has 0 aliphatic heterocycles. The number of carbonyl (C=O) groups is 1. The van der Waals surface area contributed by atoms with Crippen LogP contribution in [0.2, 0.25) is 10.0 Å². The number of amides is 1. The van der Waals surface area contributed by atoms with Gasteiger partial charge in [-0.25, -0.2) is 0 Å². The van der Waals surface area contributed by atoms with Gasteiger partial charge in [0.2, 0.25) is 0 Å². The summed E-state index contributed by atoms with van der Waals surface area (Å²) >= 11 is 11.8. The Kier molecular flexibility index (Phi) is 4.46. The van der Waals surface area contributed by atoms with Gasteiger partial charge in [-0.3, -0.25) is 4.79 Å². The number of halogens is 2. The summed E-state index contributed by atoms with van der Waals surface area (Å²) in [6, 6.07) is 12.8. The number of hydrogen-bond donors (Lipinski definition) is 3. The van der Waals surface area contributed by atoms with Crippen molar-refractivity contribution in [3.05, 3.63) is 63.6 Å². The summed E-state index contributed by atoms with van der Waals surface area (Å²) in [6.45, 7) is 0.514. The zero-order valence-electron chi connectivity index (χ0n) is 12.2. The van der Waals surface area contributed by atoms with E-state index in [-0.39, 0.29) is 5.91 Å². The quantitative estimate of drug-likeness (QED) is 0.666. The first-order valence-electron chi connectivity index (χ1n) is 7.14. The van der Waals surface area contributed by atoms with Gasteiger partial charge in [-0.15, -0.1) is 0 Å². The van der Waals surface area contributed by atoms with Gasteiger partial charge < -0.3 is 16.0 Å². The third-order valence-electron chi connectivity index (χ3n) is 3.63. The summed E-state index contributed by atoms with van der Waals surface area (Å²) < 4.78 is 0. The van der Waals surface area contributed by atoms with Gasteiger partial charge in [0, 0.05) is 27.5 Å². The molecule has 1 aromatic heterocycles. The van der Waals surface area contributed by atoms with Crippen molar-refractivity contribution in [3.8, 4) is 0 Å². The van der Waals surface area contributed by atoms with Crippen LogP contribution >= 0.6 is 23.2 Å². The zero-order chi connectivity index (χ0) is 16.4. The molecular formula is C17H15Cl2N3O. The third-order valence-corrected chi connectivity index (χ3v) is 4.12. The molecule has 0 bridgehead atoms. The average Bonchev–Trinajstić information content (AvgIpc) is 2.84. The number of rotatable bonds is 4. The van der Waals surface area contributed by atoms with Crippen molar-refractivity contribution in [1.82, 2.24) is 10.3 Å². The maximum atomic E-state index is 12.4. The molecule has 0 fully saturated rings. The van der Waals surface area contributed by atoms with Crippen LogP contribution in [0.1, 0.15) is 15.9 Å². The Labute approximate surface area is 143 Å². The molecule has 0 radical (unpaired) electrons. The van der Waals surface area contributed by atoms with Gasteiger partial charge >= 0.3 is 0 Å². The van der Waals surface area contributed by atoms with Crippen molar-refractivity contribution < 1.29 is 4.79 Å². The molecule has 3 rings (SSSR count). The molecule has 0 atom stereocenters. The second kappa shape index (κ2) is 6.52. The van der Waals surface area contributed by atoms with E-state index in [2.05, 4.69) is 10.3 Å². The summed E-state index contributed by atoms with van der Waals surface area (Å²) in [6.07, 6.45) is 0.719. The highest BCUT2D eigenvalue weighted by molar-refractivity contribution is 6.31. The molecule has 0 spiro atoms. The monoisotopic (exact) mass is 347 g/mol. The Morgan fingerprint density at radius 1 is 1.09 bits per heavy atom. The molecule has 0 saturated heterocycles. The topological polar surface area (TPSA) is 70.9 Å². The van der Waals surface area contributed by atoms with E-state index >= 15 is 0 Å². The van der Waals surface area contributed by atoms with Gasteiger partial charge in [0.15, 0.2) is 0 Å². The Balaban J connectivity index is 1.71. The minimum absolute atomic E-state index is 0.204. The molecule has 4 N–H and O–H groups in total. The molecular weight excluding hydrogens is 333 g/mol. The SMILES string of the molecule is Nc1[nH]c2cc(Cl)ccc2c1C(=O)NCCc1ccc(Cl)cc1. The van der Waals surface area contributed by atoms with Gasteiger partial charge in [0.25, 0.3) is 5.91 Å². The average molecular weight is 348 g/mol. The number of benzene rings is 2. The number of aromatic nitrogens is 1. The number of nitrogens with two attached hydrogens (primary N) is 1. The number of hydrogen-bond acceptors (Lipinski definition) is 2. The molecule has 0 unspecified atom stereocenters. The lowest BCUT2D eigenvalue weighted by atomic mass is 10.1. The van der Waals surface area contributed by atoms with Crippen LogP contribution in [-0.4, -0.2) is 17.4 Å². The van der Waals surface area contributed by atoms with Crippen LogP contribution in [0.25, 0.3) is 10.9 Å². The largest absolute Gasteiger partial charge is 0.385 e. The molecule has 0 saturated carbocycles. The Morgan fingerprint density at radius 3 is 2.52 bits per heavy atom. The van der Waals surface area contributed by atoms with Crippen molar-refractivity contribution in [3.63, 3.8) is 0 Å².